The predicted molar refractivity (Wildman–Crippen MR) is 87.4 cm³/mol. The largest absolute Gasteiger partial charge is 0.497 e. The summed E-state index contributed by atoms with van der Waals surface area (Å²) < 4.78 is 18.4. The van der Waals surface area contributed by atoms with Gasteiger partial charge in [0.2, 0.25) is 0 Å². The number of hydrogen-bond acceptors (Lipinski definition) is 3. The third-order valence-corrected chi connectivity index (χ3v) is 3.56. The maximum Gasteiger partial charge on any atom is 0.257 e. The zero-order valence-corrected chi connectivity index (χ0v) is 12.8. The second-order valence-corrected chi connectivity index (χ2v) is 5.14. The molecule has 0 unspecified atom stereocenters. The zero-order valence-electron chi connectivity index (χ0n) is 12.8. The highest BCUT2D eigenvalue weighted by Gasteiger charge is 2.12. The molecular formula is C18H15FN2O2. The number of nitrogens with zero attached hydrogens (tertiary/aromatic N) is 1. The zero-order chi connectivity index (χ0) is 16.4. The van der Waals surface area contributed by atoms with Gasteiger partial charge in [0.15, 0.2) is 0 Å². The third kappa shape index (κ3) is 3.13. The number of halogens is 1. The minimum atomic E-state index is -0.357. The van der Waals surface area contributed by atoms with Crippen LogP contribution in [-0.2, 0) is 0 Å². The lowest BCUT2D eigenvalue weighted by Gasteiger charge is -2.09. The van der Waals surface area contributed by atoms with E-state index in [9.17, 15) is 9.18 Å². The van der Waals surface area contributed by atoms with Gasteiger partial charge in [-0.05, 0) is 55.5 Å². The number of aromatic nitrogens is 1. The molecule has 23 heavy (non-hydrogen) atoms. The van der Waals surface area contributed by atoms with Crippen LogP contribution in [0.25, 0.3) is 10.9 Å². The highest BCUT2D eigenvalue weighted by atomic mass is 19.1. The molecule has 1 aromatic heterocycles. The lowest BCUT2D eigenvalue weighted by atomic mass is 10.1. The maximum absolute atomic E-state index is 13.3. The molecule has 0 atom stereocenters. The van der Waals surface area contributed by atoms with Crippen LogP contribution < -0.4 is 10.1 Å². The molecule has 0 aliphatic rings. The van der Waals surface area contributed by atoms with Gasteiger partial charge >= 0.3 is 0 Å². The third-order valence-electron chi connectivity index (χ3n) is 3.56. The van der Waals surface area contributed by atoms with Crippen molar-refractivity contribution in [2.75, 3.05) is 12.4 Å². The number of hydrogen-bond donors (Lipinski definition) is 1. The van der Waals surface area contributed by atoms with Gasteiger partial charge in [-0.2, -0.15) is 0 Å². The van der Waals surface area contributed by atoms with Crippen LogP contribution in [0.5, 0.6) is 5.75 Å². The molecule has 116 valence electrons. The number of carbonyl (C=O) groups excluding carboxylic acids is 1. The summed E-state index contributed by atoms with van der Waals surface area (Å²) in [4.78, 5) is 16.8. The molecular weight excluding hydrogens is 295 g/mol. The minimum absolute atomic E-state index is 0.286. The van der Waals surface area contributed by atoms with E-state index in [0.29, 0.717) is 33.6 Å². The number of fused-ring (bicyclic) bond motifs is 1. The van der Waals surface area contributed by atoms with E-state index >= 15 is 0 Å². The van der Waals surface area contributed by atoms with Crippen molar-refractivity contribution >= 4 is 22.5 Å². The topological polar surface area (TPSA) is 51.2 Å². The number of ether oxygens (including phenoxy) is 1. The fraction of sp³-hybridized carbons (Fsp3) is 0.111. The summed E-state index contributed by atoms with van der Waals surface area (Å²) in [5, 5.41) is 3.39. The molecule has 3 rings (SSSR count). The van der Waals surface area contributed by atoms with Crippen molar-refractivity contribution in [1.29, 1.82) is 0 Å². The molecule has 0 spiro atoms. The van der Waals surface area contributed by atoms with E-state index in [2.05, 4.69) is 10.3 Å². The van der Waals surface area contributed by atoms with Crippen LogP contribution in [0, 0.1) is 12.7 Å². The van der Waals surface area contributed by atoms with E-state index in [-0.39, 0.29) is 11.7 Å². The Kier molecular flexibility index (Phi) is 3.93. The van der Waals surface area contributed by atoms with E-state index in [4.69, 9.17) is 4.74 Å². The number of methoxy groups -OCH3 is 1. The first-order valence-corrected chi connectivity index (χ1v) is 7.09. The molecule has 0 bridgehead atoms. The molecule has 5 heteroatoms. The molecule has 3 aromatic rings. The summed E-state index contributed by atoms with van der Waals surface area (Å²) >= 11 is 0. The Balaban J connectivity index is 1.91. The van der Waals surface area contributed by atoms with E-state index in [1.54, 1.807) is 50.4 Å². The number of amides is 1. The van der Waals surface area contributed by atoms with Crippen LogP contribution in [0.2, 0.25) is 0 Å². The number of rotatable bonds is 3. The summed E-state index contributed by atoms with van der Waals surface area (Å²) in [6, 6.07) is 13.0. The predicted octanol–water partition coefficient (Wildman–Crippen LogP) is 3.94. The second kappa shape index (κ2) is 6.04. The first-order valence-electron chi connectivity index (χ1n) is 7.09. The summed E-state index contributed by atoms with van der Waals surface area (Å²) in [6.07, 6.45) is 0. The summed E-state index contributed by atoms with van der Waals surface area (Å²) in [5.74, 6) is 0.0676. The van der Waals surface area contributed by atoms with E-state index < -0.39 is 0 Å². The van der Waals surface area contributed by atoms with Gasteiger partial charge in [0, 0.05) is 11.1 Å². The van der Waals surface area contributed by atoms with E-state index in [1.807, 2.05) is 0 Å². The molecule has 0 aliphatic carbocycles. The number of carbonyl (C=O) groups is 1. The quantitative estimate of drug-likeness (QED) is 0.797. The van der Waals surface area contributed by atoms with Gasteiger partial charge in [-0.25, -0.2) is 4.39 Å². The van der Waals surface area contributed by atoms with Crippen molar-refractivity contribution in [3.63, 3.8) is 0 Å². The Labute approximate surface area is 132 Å². The molecule has 0 radical (unpaired) electrons. The average Bonchev–Trinajstić information content (AvgIpc) is 2.55. The SMILES string of the molecule is COc1ccc(NC(=O)c2cc3cc(F)ccc3nc2C)cc1. The van der Waals surface area contributed by atoms with Crippen molar-refractivity contribution in [2.45, 2.75) is 6.92 Å². The van der Waals surface area contributed by atoms with Crippen LogP contribution in [0.3, 0.4) is 0 Å². The molecule has 4 nitrogen and oxygen atoms in total. The Bertz CT molecular complexity index is 876. The first kappa shape index (κ1) is 15.0. The standard InChI is InChI=1S/C18H15FN2O2/c1-11-16(10-12-9-13(19)3-8-17(12)20-11)18(22)21-14-4-6-15(23-2)7-5-14/h3-10H,1-2H3,(H,21,22). The van der Waals surface area contributed by atoms with Crippen LogP contribution in [-0.4, -0.2) is 18.0 Å². The monoisotopic (exact) mass is 310 g/mol. The average molecular weight is 310 g/mol. The van der Waals surface area contributed by atoms with Gasteiger partial charge in [-0.15, -0.1) is 0 Å². The Morgan fingerprint density at radius 3 is 2.57 bits per heavy atom. The van der Waals surface area contributed by atoms with Crippen LogP contribution in [0.4, 0.5) is 10.1 Å². The van der Waals surface area contributed by atoms with Crippen molar-refractivity contribution in [3.05, 3.63) is 65.6 Å². The van der Waals surface area contributed by atoms with Crippen molar-refractivity contribution in [2.24, 2.45) is 0 Å². The molecule has 0 aliphatic heterocycles. The Morgan fingerprint density at radius 2 is 1.87 bits per heavy atom. The van der Waals surface area contributed by atoms with Gasteiger partial charge in [0.1, 0.15) is 11.6 Å². The van der Waals surface area contributed by atoms with Crippen molar-refractivity contribution < 1.29 is 13.9 Å². The number of aryl methyl sites for hydroxylation is 1. The second-order valence-electron chi connectivity index (χ2n) is 5.14. The number of pyridine rings is 1. The highest BCUT2D eigenvalue weighted by Crippen LogP contribution is 2.20. The van der Waals surface area contributed by atoms with Gasteiger partial charge < -0.3 is 10.1 Å². The highest BCUT2D eigenvalue weighted by molar-refractivity contribution is 6.06. The normalized spacial score (nSPS) is 10.6. The van der Waals surface area contributed by atoms with Gasteiger partial charge in [0.05, 0.1) is 23.9 Å². The molecule has 0 fully saturated rings. The number of anilines is 1. The first-order chi connectivity index (χ1) is 11.1. The summed E-state index contributed by atoms with van der Waals surface area (Å²) in [7, 11) is 1.58. The summed E-state index contributed by atoms with van der Waals surface area (Å²) in [5.41, 5.74) is 2.31. The van der Waals surface area contributed by atoms with Crippen molar-refractivity contribution in [3.8, 4) is 5.75 Å². The summed E-state index contributed by atoms with van der Waals surface area (Å²) in [6.45, 7) is 1.76. The lowest BCUT2D eigenvalue weighted by Crippen LogP contribution is -2.14. The molecule has 1 heterocycles. The van der Waals surface area contributed by atoms with Crippen molar-refractivity contribution in [1.82, 2.24) is 4.98 Å². The van der Waals surface area contributed by atoms with Gasteiger partial charge in [-0.3, -0.25) is 9.78 Å². The van der Waals surface area contributed by atoms with Crippen LogP contribution >= 0.6 is 0 Å². The Hall–Kier alpha value is -2.95. The molecule has 0 saturated carbocycles. The van der Waals surface area contributed by atoms with Crippen LogP contribution in [0.1, 0.15) is 16.1 Å². The van der Waals surface area contributed by atoms with Gasteiger partial charge in [-0.1, -0.05) is 0 Å². The smallest absolute Gasteiger partial charge is 0.257 e. The minimum Gasteiger partial charge on any atom is -0.497 e. The lowest BCUT2D eigenvalue weighted by molar-refractivity contribution is 0.102. The fourth-order valence-corrected chi connectivity index (χ4v) is 2.35. The number of nitrogens with one attached hydrogen (secondary N) is 1. The molecule has 2 aromatic carbocycles. The Morgan fingerprint density at radius 1 is 1.13 bits per heavy atom. The van der Waals surface area contributed by atoms with E-state index in [0.717, 1.165) is 0 Å². The molecule has 0 saturated heterocycles. The fourth-order valence-electron chi connectivity index (χ4n) is 2.35. The molecule has 1 N–H and O–H groups in total. The molecule has 1 amide bonds. The van der Waals surface area contributed by atoms with Gasteiger partial charge in [0.25, 0.3) is 5.91 Å². The maximum atomic E-state index is 13.3. The number of benzene rings is 2. The van der Waals surface area contributed by atoms with Crippen LogP contribution in [0.15, 0.2) is 48.5 Å². The van der Waals surface area contributed by atoms with E-state index in [1.165, 1.54) is 12.1 Å².